The lowest BCUT2D eigenvalue weighted by atomic mass is 9.82. The van der Waals surface area contributed by atoms with Crippen LogP contribution in [0.1, 0.15) is 65.5 Å². The molecule has 0 amide bonds. The second-order valence-corrected chi connectivity index (χ2v) is 8.69. The van der Waals surface area contributed by atoms with Crippen LogP contribution in [0.15, 0.2) is 24.3 Å². The summed E-state index contributed by atoms with van der Waals surface area (Å²) < 4.78 is 32.8. The molecular formula is C21H30F2O. The van der Waals surface area contributed by atoms with Crippen LogP contribution in [0.3, 0.4) is 0 Å². The maximum Gasteiger partial charge on any atom is 0.270 e. The Hall–Kier alpha value is -0.960. The summed E-state index contributed by atoms with van der Waals surface area (Å²) in [6.07, 6.45) is 2.57. The second-order valence-electron chi connectivity index (χ2n) is 8.69. The summed E-state index contributed by atoms with van der Waals surface area (Å²) in [6, 6.07) is 6.53. The Morgan fingerprint density at radius 2 is 1.75 bits per heavy atom. The molecule has 0 N–H and O–H groups in total. The Labute approximate surface area is 144 Å². The van der Waals surface area contributed by atoms with Crippen LogP contribution in [0.2, 0.25) is 0 Å². The predicted octanol–water partition coefficient (Wildman–Crippen LogP) is 6.17. The number of hydrogen-bond donors (Lipinski definition) is 0. The van der Waals surface area contributed by atoms with Crippen molar-refractivity contribution >= 4 is 0 Å². The maximum atomic E-state index is 13.3. The molecule has 2 aliphatic carbocycles. The van der Waals surface area contributed by atoms with Crippen molar-refractivity contribution in [2.75, 3.05) is 0 Å². The van der Waals surface area contributed by atoms with Crippen LogP contribution in [-0.2, 0) is 17.3 Å². The topological polar surface area (TPSA) is 9.23 Å². The van der Waals surface area contributed by atoms with Gasteiger partial charge in [-0.25, -0.2) is 8.78 Å². The summed E-state index contributed by atoms with van der Waals surface area (Å²) in [5, 5.41) is 0. The van der Waals surface area contributed by atoms with E-state index in [1.54, 1.807) is 12.1 Å². The number of benzene rings is 1. The van der Waals surface area contributed by atoms with E-state index in [0.29, 0.717) is 28.8 Å². The van der Waals surface area contributed by atoms with Gasteiger partial charge in [0.05, 0.1) is 12.7 Å². The fourth-order valence-corrected chi connectivity index (χ4v) is 5.96. The Kier molecular flexibility index (Phi) is 3.92. The van der Waals surface area contributed by atoms with Crippen molar-refractivity contribution in [1.29, 1.82) is 0 Å². The number of rotatable bonds is 5. The van der Waals surface area contributed by atoms with Crippen molar-refractivity contribution in [3.63, 3.8) is 0 Å². The third-order valence-corrected chi connectivity index (χ3v) is 7.97. The highest BCUT2D eigenvalue weighted by Gasteiger charge is 2.83. The van der Waals surface area contributed by atoms with Gasteiger partial charge in [0.2, 0.25) is 0 Å². The van der Waals surface area contributed by atoms with Crippen LogP contribution in [0.4, 0.5) is 8.78 Å². The zero-order valence-electron chi connectivity index (χ0n) is 15.7. The molecule has 0 bridgehead atoms. The Morgan fingerprint density at radius 3 is 2.21 bits per heavy atom. The predicted molar refractivity (Wildman–Crippen MR) is 93.0 cm³/mol. The van der Waals surface area contributed by atoms with Gasteiger partial charge >= 0.3 is 0 Å². The molecule has 3 heteroatoms. The van der Waals surface area contributed by atoms with Crippen molar-refractivity contribution in [1.82, 2.24) is 0 Å². The van der Waals surface area contributed by atoms with Gasteiger partial charge in [0.25, 0.3) is 5.92 Å². The van der Waals surface area contributed by atoms with Gasteiger partial charge in [0.1, 0.15) is 0 Å². The molecule has 134 valence electrons. The Balaban J connectivity index is 1.65. The van der Waals surface area contributed by atoms with Gasteiger partial charge in [0.15, 0.2) is 0 Å². The molecule has 1 aromatic rings. The van der Waals surface area contributed by atoms with E-state index in [0.717, 1.165) is 18.9 Å². The highest BCUT2D eigenvalue weighted by atomic mass is 19.3. The lowest BCUT2D eigenvalue weighted by Gasteiger charge is -2.29. The lowest BCUT2D eigenvalue weighted by molar-refractivity contribution is -0.0129. The highest BCUT2D eigenvalue weighted by molar-refractivity contribution is 5.31. The fraction of sp³-hybridized carbons (Fsp3) is 0.714. The van der Waals surface area contributed by atoms with Crippen molar-refractivity contribution in [3.8, 4) is 0 Å². The van der Waals surface area contributed by atoms with Crippen LogP contribution >= 0.6 is 0 Å². The molecule has 0 heterocycles. The average Bonchev–Trinajstić information content (AvgIpc) is 2.76. The van der Waals surface area contributed by atoms with E-state index >= 15 is 0 Å². The van der Waals surface area contributed by atoms with Crippen molar-refractivity contribution in [3.05, 3.63) is 35.4 Å². The largest absolute Gasteiger partial charge is 0.373 e. The standard InChI is InChI=1S/C21H30F2O/c1-7-21-12-17(14(2)19(21,5)18(21,3)4)24-13-15-8-10-16(11-9-15)20(6,22)23/h8-11,14,17H,7,12-13H2,1-6H3/t14-,17-,19-,21+/m1/s1. The van der Waals surface area contributed by atoms with Crippen LogP contribution in [0.25, 0.3) is 0 Å². The summed E-state index contributed by atoms with van der Waals surface area (Å²) in [6.45, 7) is 13.3. The maximum absolute atomic E-state index is 13.3. The third-order valence-electron chi connectivity index (χ3n) is 7.97. The van der Waals surface area contributed by atoms with E-state index in [9.17, 15) is 8.78 Å². The first-order valence-corrected chi connectivity index (χ1v) is 9.10. The quantitative estimate of drug-likeness (QED) is 0.625. The average molecular weight is 336 g/mol. The minimum atomic E-state index is -2.78. The van der Waals surface area contributed by atoms with Crippen LogP contribution in [0, 0.1) is 22.2 Å². The number of hydrogen-bond acceptors (Lipinski definition) is 1. The summed E-state index contributed by atoms with van der Waals surface area (Å²) in [4.78, 5) is 0. The monoisotopic (exact) mass is 336 g/mol. The van der Waals surface area contributed by atoms with E-state index in [1.165, 1.54) is 18.6 Å². The molecule has 0 aromatic heterocycles. The number of halogens is 2. The lowest BCUT2D eigenvalue weighted by Crippen LogP contribution is -2.27. The Bertz CT molecular complexity index is 610. The summed E-state index contributed by atoms with van der Waals surface area (Å²) in [5.41, 5.74) is 2.13. The van der Waals surface area contributed by atoms with E-state index in [-0.39, 0.29) is 11.7 Å². The van der Waals surface area contributed by atoms with Gasteiger partial charge in [-0.1, -0.05) is 58.9 Å². The molecule has 24 heavy (non-hydrogen) atoms. The molecule has 1 aromatic carbocycles. The summed E-state index contributed by atoms with van der Waals surface area (Å²) >= 11 is 0. The normalized spacial score (nSPS) is 37.3. The Morgan fingerprint density at radius 1 is 1.17 bits per heavy atom. The van der Waals surface area contributed by atoms with Gasteiger partial charge in [-0.2, -0.15) is 0 Å². The molecule has 0 radical (unpaired) electrons. The zero-order chi connectivity index (χ0) is 18.0. The summed E-state index contributed by atoms with van der Waals surface area (Å²) in [5.74, 6) is -2.26. The first-order valence-electron chi connectivity index (χ1n) is 9.10. The van der Waals surface area contributed by atoms with Crippen molar-refractivity contribution in [2.45, 2.75) is 73.0 Å². The number of alkyl halides is 2. The van der Waals surface area contributed by atoms with Gasteiger partial charge in [-0.3, -0.25) is 0 Å². The molecule has 3 rings (SSSR count). The van der Waals surface area contributed by atoms with Gasteiger partial charge in [0, 0.05) is 12.5 Å². The third kappa shape index (κ3) is 2.13. The van der Waals surface area contributed by atoms with Crippen LogP contribution in [-0.4, -0.2) is 6.10 Å². The molecule has 0 aliphatic heterocycles. The van der Waals surface area contributed by atoms with Gasteiger partial charge in [-0.05, 0) is 40.6 Å². The van der Waals surface area contributed by atoms with E-state index in [2.05, 4.69) is 34.6 Å². The number of fused-ring (bicyclic) bond motifs is 1. The number of ether oxygens (including phenoxy) is 1. The highest BCUT2D eigenvalue weighted by Crippen LogP contribution is 2.88. The first kappa shape index (κ1) is 17.8. The molecule has 0 unspecified atom stereocenters. The smallest absolute Gasteiger partial charge is 0.270 e. The van der Waals surface area contributed by atoms with Crippen molar-refractivity contribution < 1.29 is 13.5 Å². The molecule has 1 nitrogen and oxygen atoms in total. The van der Waals surface area contributed by atoms with Crippen LogP contribution in [0.5, 0.6) is 0 Å². The molecule has 2 fully saturated rings. The fourth-order valence-electron chi connectivity index (χ4n) is 5.96. The van der Waals surface area contributed by atoms with E-state index in [4.69, 9.17) is 4.74 Å². The van der Waals surface area contributed by atoms with Gasteiger partial charge in [-0.15, -0.1) is 0 Å². The molecule has 4 atom stereocenters. The molecular weight excluding hydrogens is 306 g/mol. The van der Waals surface area contributed by atoms with E-state index in [1.807, 2.05) is 0 Å². The van der Waals surface area contributed by atoms with Crippen LogP contribution < -0.4 is 0 Å². The second kappa shape index (κ2) is 5.27. The summed E-state index contributed by atoms with van der Waals surface area (Å²) in [7, 11) is 0. The first-order chi connectivity index (χ1) is 11.0. The molecule has 0 saturated heterocycles. The van der Waals surface area contributed by atoms with E-state index < -0.39 is 5.92 Å². The zero-order valence-corrected chi connectivity index (χ0v) is 15.7. The van der Waals surface area contributed by atoms with Crippen molar-refractivity contribution in [2.24, 2.45) is 22.2 Å². The van der Waals surface area contributed by atoms with Gasteiger partial charge < -0.3 is 4.74 Å². The minimum absolute atomic E-state index is 0.0564. The SMILES string of the molecule is CC[C@@]12C[C@@H](OCc3ccc(C(C)(F)F)cc3)[C@@H](C)[C@]1(C)C2(C)C. The molecule has 2 aliphatic rings. The molecule has 2 saturated carbocycles. The minimum Gasteiger partial charge on any atom is -0.373 e. The molecule has 0 spiro atoms.